The molecule has 1 saturated heterocycles. The van der Waals surface area contributed by atoms with Gasteiger partial charge in [-0.1, -0.05) is 58.6 Å². The molecule has 0 saturated carbocycles. The lowest BCUT2D eigenvalue weighted by Gasteiger charge is -2.03. The van der Waals surface area contributed by atoms with E-state index in [1.807, 2.05) is 0 Å². The number of terminal acetylenes is 1. The Balaban J connectivity index is 2.21. The lowest BCUT2D eigenvalue weighted by molar-refractivity contribution is 0.320. The van der Waals surface area contributed by atoms with Crippen LogP contribution in [-0.4, -0.2) is 11.7 Å². The van der Waals surface area contributed by atoms with E-state index in [1.165, 1.54) is 22.3 Å². The van der Waals surface area contributed by atoms with Crippen LogP contribution in [0.25, 0.3) is 0 Å². The average molecular weight is 437 g/mol. The zero-order valence-corrected chi connectivity index (χ0v) is 22.0. The third kappa shape index (κ3) is 13.6. The minimum absolute atomic E-state index is 0.124. The lowest BCUT2D eigenvalue weighted by atomic mass is 10.0. The van der Waals surface area contributed by atoms with E-state index in [9.17, 15) is 0 Å². The van der Waals surface area contributed by atoms with Crippen LogP contribution in [0.1, 0.15) is 113 Å². The summed E-state index contributed by atoms with van der Waals surface area (Å²) in [6.07, 6.45) is 28.9. The maximum atomic E-state index is 5.67. The predicted molar refractivity (Wildman–Crippen MR) is 143 cm³/mol. The van der Waals surface area contributed by atoms with Crippen molar-refractivity contribution in [2.24, 2.45) is 0 Å². The van der Waals surface area contributed by atoms with Crippen LogP contribution < -0.4 is 0 Å². The number of rotatable bonds is 15. The van der Waals surface area contributed by atoms with Gasteiger partial charge in [0.1, 0.15) is 0 Å². The highest BCUT2D eigenvalue weighted by Crippen LogP contribution is 2.38. The average Bonchev–Trinajstić information content (AvgIpc) is 3.34. The highest BCUT2D eigenvalue weighted by molar-refractivity contribution is 5.26. The third-order valence-electron chi connectivity index (χ3n) is 6.23. The molecule has 1 atom stereocenters. The Kier molecular flexibility index (Phi) is 13.4. The number of hydrogen-bond acceptors (Lipinski definition) is 1. The standard InChI is InChI=1S/C31H48O/c1-9-29(21-12-15-25(2)3)22-14-20-27(5)17-11-10-16-26(4)18-13-19-28(6)23-24-30-31(7,8)32-30/h1,15-17,19,22,30H,10-14,18,20-21,23-24H2,2-8H3/b26-16+,27-17+,28-19+,29-22-. The molecule has 0 amide bonds. The molecule has 1 rings (SSSR count). The molecule has 0 aromatic heterocycles. The summed E-state index contributed by atoms with van der Waals surface area (Å²) >= 11 is 0. The topological polar surface area (TPSA) is 12.5 Å². The first-order valence-electron chi connectivity index (χ1n) is 12.6. The summed E-state index contributed by atoms with van der Waals surface area (Å²) in [5, 5.41) is 0. The molecule has 1 heteroatoms. The Hall–Kier alpha value is -1.78. The van der Waals surface area contributed by atoms with E-state index in [0.717, 1.165) is 69.8 Å². The van der Waals surface area contributed by atoms with Crippen molar-refractivity contribution in [3.05, 3.63) is 58.2 Å². The van der Waals surface area contributed by atoms with Gasteiger partial charge in [-0.05, 0) is 118 Å². The van der Waals surface area contributed by atoms with Crippen molar-refractivity contribution in [2.45, 2.75) is 124 Å². The molecular formula is C31H48O. The fourth-order valence-corrected chi connectivity index (χ4v) is 3.83. The van der Waals surface area contributed by atoms with Crippen LogP contribution in [0.3, 0.4) is 0 Å². The Morgan fingerprint density at radius 2 is 1.19 bits per heavy atom. The van der Waals surface area contributed by atoms with Crippen molar-refractivity contribution in [1.82, 2.24) is 0 Å². The minimum atomic E-state index is 0.124. The van der Waals surface area contributed by atoms with Crippen LogP contribution in [0, 0.1) is 12.3 Å². The molecule has 32 heavy (non-hydrogen) atoms. The number of hydrogen-bond donors (Lipinski definition) is 0. The van der Waals surface area contributed by atoms with Crippen molar-refractivity contribution >= 4 is 0 Å². The molecule has 0 aromatic carbocycles. The van der Waals surface area contributed by atoms with Gasteiger partial charge < -0.3 is 4.74 Å². The van der Waals surface area contributed by atoms with Gasteiger partial charge in [0.25, 0.3) is 0 Å². The number of ether oxygens (including phenoxy) is 1. The molecule has 1 heterocycles. The first-order chi connectivity index (χ1) is 15.1. The predicted octanol–water partition coefficient (Wildman–Crippen LogP) is 9.43. The van der Waals surface area contributed by atoms with Crippen molar-refractivity contribution in [1.29, 1.82) is 0 Å². The Bertz CT molecular complexity index is 757. The maximum Gasteiger partial charge on any atom is 0.0892 e. The number of allylic oxidation sites excluding steroid dienone is 10. The normalized spacial score (nSPS) is 19.0. The second-order valence-electron chi connectivity index (χ2n) is 10.2. The Morgan fingerprint density at radius 3 is 1.69 bits per heavy atom. The van der Waals surface area contributed by atoms with E-state index in [4.69, 9.17) is 11.2 Å². The van der Waals surface area contributed by atoms with Gasteiger partial charge in [-0.25, -0.2) is 0 Å². The quantitative estimate of drug-likeness (QED) is 0.108. The summed E-state index contributed by atoms with van der Waals surface area (Å²) in [6.45, 7) is 15.4. The van der Waals surface area contributed by atoms with Crippen molar-refractivity contribution in [2.75, 3.05) is 0 Å². The van der Waals surface area contributed by atoms with Gasteiger partial charge in [-0.15, -0.1) is 6.42 Å². The zero-order valence-electron chi connectivity index (χ0n) is 22.0. The van der Waals surface area contributed by atoms with Crippen LogP contribution in [0.15, 0.2) is 58.2 Å². The number of epoxide rings is 1. The van der Waals surface area contributed by atoms with E-state index in [1.54, 1.807) is 0 Å². The van der Waals surface area contributed by atoms with E-state index in [-0.39, 0.29) is 5.60 Å². The minimum Gasteiger partial charge on any atom is -0.367 e. The van der Waals surface area contributed by atoms with Crippen LogP contribution in [0.2, 0.25) is 0 Å². The lowest BCUT2D eigenvalue weighted by Crippen LogP contribution is -2.02. The van der Waals surface area contributed by atoms with Crippen LogP contribution in [0.5, 0.6) is 0 Å². The molecule has 178 valence electrons. The summed E-state index contributed by atoms with van der Waals surface area (Å²) < 4.78 is 5.67. The monoisotopic (exact) mass is 436 g/mol. The van der Waals surface area contributed by atoms with Gasteiger partial charge in [0, 0.05) is 0 Å². The van der Waals surface area contributed by atoms with E-state index in [2.05, 4.69) is 84.8 Å². The second kappa shape index (κ2) is 15.1. The molecule has 0 aromatic rings. The van der Waals surface area contributed by atoms with Gasteiger partial charge in [0.05, 0.1) is 11.7 Å². The SMILES string of the molecule is C#C/C(=C/CC/C(C)=C/CC/C=C(\C)CC/C=C(\C)CCC1OC1(C)C)CCC=C(C)C. The van der Waals surface area contributed by atoms with Gasteiger partial charge in [-0.3, -0.25) is 0 Å². The highest BCUT2D eigenvalue weighted by atomic mass is 16.6. The third-order valence-corrected chi connectivity index (χ3v) is 6.23. The fraction of sp³-hybridized carbons (Fsp3) is 0.613. The largest absolute Gasteiger partial charge is 0.367 e. The van der Waals surface area contributed by atoms with Crippen LogP contribution >= 0.6 is 0 Å². The van der Waals surface area contributed by atoms with Crippen LogP contribution in [0.4, 0.5) is 0 Å². The molecule has 1 nitrogen and oxygen atoms in total. The summed E-state index contributed by atoms with van der Waals surface area (Å²) in [5.41, 5.74) is 7.10. The van der Waals surface area contributed by atoms with Crippen molar-refractivity contribution in [3.8, 4) is 12.3 Å². The fourth-order valence-electron chi connectivity index (χ4n) is 3.83. The van der Waals surface area contributed by atoms with Gasteiger partial charge >= 0.3 is 0 Å². The molecule has 0 radical (unpaired) electrons. The molecule has 1 fully saturated rings. The molecule has 1 aliphatic heterocycles. The van der Waals surface area contributed by atoms with E-state index in [0.29, 0.717) is 6.10 Å². The molecule has 1 aliphatic rings. The molecule has 0 aliphatic carbocycles. The van der Waals surface area contributed by atoms with Gasteiger partial charge in [-0.2, -0.15) is 0 Å². The summed E-state index contributed by atoms with van der Waals surface area (Å²) in [4.78, 5) is 0. The van der Waals surface area contributed by atoms with E-state index >= 15 is 0 Å². The molecule has 1 unspecified atom stereocenters. The number of unbranched alkanes of at least 4 members (excludes halogenated alkanes) is 1. The first kappa shape index (κ1) is 28.3. The molecule has 0 spiro atoms. The molecular weight excluding hydrogens is 388 g/mol. The smallest absolute Gasteiger partial charge is 0.0892 e. The summed E-state index contributed by atoms with van der Waals surface area (Å²) in [5.74, 6) is 2.85. The summed E-state index contributed by atoms with van der Waals surface area (Å²) in [7, 11) is 0. The summed E-state index contributed by atoms with van der Waals surface area (Å²) in [6, 6.07) is 0. The molecule has 0 N–H and O–H groups in total. The first-order valence-corrected chi connectivity index (χ1v) is 12.6. The highest BCUT2D eigenvalue weighted by Gasteiger charge is 2.46. The molecule has 0 bridgehead atoms. The van der Waals surface area contributed by atoms with Crippen molar-refractivity contribution in [3.63, 3.8) is 0 Å². The second-order valence-corrected chi connectivity index (χ2v) is 10.2. The Morgan fingerprint density at radius 1 is 0.719 bits per heavy atom. The van der Waals surface area contributed by atoms with Gasteiger partial charge in [0.15, 0.2) is 0 Å². The van der Waals surface area contributed by atoms with Crippen molar-refractivity contribution < 1.29 is 4.74 Å². The van der Waals surface area contributed by atoms with E-state index < -0.39 is 0 Å². The maximum absolute atomic E-state index is 5.67. The zero-order chi connectivity index (χ0) is 24.0. The Labute approximate surface area is 199 Å². The van der Waals surface area contributed by atoms with Crippen LogP contribution in [-0.2, 0) is 4.74 Å². The van der Waals surface area contributed by atoms with Gasteiger partial charge in [0.2, 0.25) is 0 Å².